The number of hydrogen-bond acceptors (Lipinski definition) is 10. The van der Waals surface area contributed by atoms with Crippen LogP contribution in [-0.4, -0.2) is 89.4 Å². The van der Waals surface area contributed by atoms with Gasteiger partial charge in [-0.15, -0.1) is 5.06 Å². The van der Waals surface area contributed by atoms with Crippen molar-refractivity contribution in [1.82, 2.24) is 25.2 Å². The third kappa shape index (κ3) is 8.86. The Labute approximate surface area is 240 Å². The lowest BCUT2D eigenvalue weighted by atomic mass is 10.1. The average molecular weight is 569 g/mol. The summed E-state index contributed by atoms with van der Waals surface area (Å²) in [6, 6.07) is 10.2. The standard InChI is InChI=1S/C29H40N6O6/c1-2-39-29(38)41-35-18-16-34(17-19-35)28(37)23(14-8-9-15-30)32-27(36)24-20-25(40-22-12-6-7-13-22)33-26(31-24)21-10-4-3-5-11-21/h3-5,10-11,20,22-23H,2,6-9,12-19,30H2,1H3,(H,32,36)/t23-/m0/s1. The number of benzene rings is 1. The van der Waals surface area contributed by atoms with E-state index in [0.29, 0.717) is 57.3 Å². The molecule has 4 rings (SSSR count). The van der Waals surface area contributed by atoms with Gasteiger partial charge in [0.25, 0.3) is 5.91 Å². The number of nitrogens with zero attached hydrogens (tertiary/aromatic N) is 4. The molecule has 0 spiro atoms. The fourth-order valence-electron chi connectivity index (χ4n) is 4.95. The van der Waals surface area contributed by atoms with Gasteiger partial charge in [-0.2, -0.15) is 4.98 Å². The molecule has 1 aliphatic carbocycles. The summed E-state index contributed by atoms with van der Waals surface area (Å²) in [5.74, 6) is 0.0526. The molecule has 2 aromatic rings. The molecule has 1 aliphatic heterocycles. The maximum atomic E-state index is 13.6. The maximum absolute atomic E-state index is 13.6. The van der Waals surface area contributed by atoms with Crippen LogP contribution in [0.5, 0.6) is 5.88 Å². The highest BCUT2D eigenvalue weighted by Crippen LogP contribution is 2.25. The molecule has 1 aromatic heterocycles. The Bertz CT molecular complexity index is 1150. The lowest BCUT2D eigenvalue weighted by Crippen LogP contribution is -2.55. The van der Waals surface area contributed by atoms with Crippen molar-refractivity contribution >= 4 is 18.0 Å². The minimum absolute atomic E-state index is 0.0569. The number of unbranched alkanes of at least 4 members (excludes halogenated alkanes) is 1. The Morgan fingerprint density at radius 3 is 2.46 bits per heavy atom. The second-order valence-electron chi connectivity index (χ2n) is 10.1. The predicted molar refractivity (Wildman–Crippen MR) is 151 cm³/mol. The minimum Gasteiger partial charge on any atom is -0.474 e. The van der Waals surface area contributed by atoms with Crippen molar-refractivity contribution in [2.45, 2.75) is 64.0 Å². The number of hydroxylamine groups is 2. The Morgan fingerprint density at radius 2 is 1.78 bits per heavy atom. The molecule has 1 saturated heterocycles. The van der Waals surface area contributed by atoms with E-state index in [1.54, 1.807) is 17.9 Å². The molecule has 0 unspecified atom stereocenters. The van der Waals surface area contributed by atoms with E-state index >= 15 is 0 Å². The maximum Gasteiger partial charge on any atom is 0.527 e. The van der Waals surface area contributed by atoms with E-state index in [9.17, 15) is 14.4 Å². The van der Waals surface area contributed by atoms with Crippen molar-refractivity contribution in [3.63, 3.8) is 0 Å². The molecule has 1 aromatic carbocycles. The van der Waals surface area contributed by atoms with Gasteiger partial charge in [0.05, 0.1) is 19.7 Å². The van der Waals surface area contributed by atoms with E-state index < -0.39 is 18.1 Å². The lowest BCUT2D eigenvalue weighted by molar-refractivity contribution is -0.157. The molecule has 2 amide bonds. The van der Waals surface area contributed by atoms with Gasteiger partial charge in [-0.3, -0.25) is 9.59 Å². The average Bonchev–Trinajstić information content (AvgIpc) is 3.50. The lowest BCUT2D eigenvalue weighted by Gasteiger charge is -2.35. The van der Waals surface area contributed by atoms with Gasteiger partial charge < -0.3 is 30.3 Å². The van der Waals surface area contributed by atoms with Crippen LogP contribution in [0.4, 0.5) is 4.79 Å². The fourth-order valence-corrected chi connectivity index (χ4v) is 4.95. The van der Waals surface area contributed by atoms with E-state index in [0.717, 1.165) is 37.7 Å². The molecule has 12 nitrogen and oxygen atoms in total. The molecule has 2 aliphatic rings. The predicted octanol–water partition coefficient (Wildman–Crippen LogP) is 2.92. The fraction of sp³-hybridized carbons (Fsp3) is 0.552. The number of amides is 2. The zero-order chi connectivity index (χ0) is 29.0. The van der Waals surface area contributed by atoms with Gasteiger partial charge in [0.2, 0.25) is 11.8 Å². The largest absolute Gasteiger partial charge is 0.527 e. The van der Waals surface area contributed by atoms with Crippen molar-refractivity contribution < 1.29 is 28.7 Å². The smallest absolute Gasteiger partial charge is 0.474 e. The van der Waals surface area contributed by atoms with Crippen LogP contribution >= 0.6 is 0 Å². The number of nitrogens with one attached hydrogen (secondary N) is 1. The third-order valence-electron chi connectivity index (χ3n) is 7.12. The van der Waals surface area contributed by atoms with E-state index in [1.165, 1.54) is 5.06 Å². The Hall–Kier alpha value is -3.77. The van der Waals surface area contributed by atoms with Gasteiger partial charge in [0.1, 0.15) is 17.8 Å². The first kappa shape index (κ1) is 30.2. The topological polar surface area (TPSA) is 149 Å². The monoisotopic (exact) mass is 568 g/mol. The first-order chi connectivity index (χ1) is 20.0. The molecule has 41 heavy (non-hydrogen) atoms. The SMILES string of the molecule is CCOC(=O)ON1CCN(C(=O)[C@H](CCCCN)NC(=O)c2cc(OC3CCCC3)nc(-c3ccccc3)n2)CC1. The first-order valence-corrected chi connectivity index (χ1v) is 14.5. The Kier molecular flexibility index (Phi) is 11.3. The highest BCUT2D eigenvalue weighted by molar-refractivity contribution is 5.96. The van der Waals surface area contributed by atoms with Crippen molar-refractivity contribution in [3.8, 4) is 17.3 Å². The van der Waals surface area contributed by atoms with Gasteiger partial charge in [0.15, 0.2) is 5.82 Å². The van der Waals surface area contributed by atoms with Crippen LogP contribution in [0.25, 0.3) is 11.4 Å². The van der Waals surface area contributed by atoms with E-state index in [1.807, 2.05) is 30.3 Å². The number of nitrogens with two attached hydrogens (primary N) is 1. The van der Waals surface area contributed by atoms with Crippen molar-refractivity contribution in [3.05, 3.63) is 42.1 Å². The van der Waals surface area contributed by atoms with Crippen LogP contribution in [0, 0.1) is 0 Å². The normalized spacial score (nSPS) is 16.7. The summed E-state index contributed by atoms with van der Waals surface area (Å²) in [5.41, 5.74) is 6.58. The number of carbonyl (C=O) groups excluding carboxylic acids is 3. The summed E-state index contributed by atoms with van der Waals surface area (Å²) in [4.78, 5) is 54.7. The van der Waals surface area contributed by atoms with Crippen molar-refractivity contribution in [2.24, 2.45) is 5.73 Å². The number of aromatic nitrogens is 2. The number of carbonyl (C=O) groups is 3. The molecule has 2 heterocycles. The number of rotatable bonds is 12. The molecule has 12 heteroatoms. The number of piperazine rings is 1. The van der Waals surface area contributed by atoms with Crippen molar-refractivity contribution in [2.75, 3.05) is 39.3 Å². The second-order valence-corrected chi connectivity index (χ2v) is 10.1. The van der Waals surface area contributed by atoms with Crippen LogP contribution in [0.1, 0.15) is 62.4 Å². The van der Waals surface area contributed by atoms with Gasteiger partial charge >= 0.3 is 6.16 Å². The van der Waals surface area contributed by atoms with Gasteiger partial charge in [-0.25, -0.2) is 9.78 Å². The first-order valence-electron chi connectivity index (χ1n) is 14.5. The number of ether oxygens (including phenoxy) is 2. The van der Waals surface area contributed by atoms with Crippen LogP contribution in [0.15, 0.2) is 36.4 Å². The molecule has 1 atom stereocenters. The summed E-state index contributed by atoms with van der Waals surface area (Å²) in [7, 11) is 0. The second kappa shape index (κ2) is 15.3. The highest BCUT2D eigenvalue weighted by Gasteiger charge is 2.30. The zero-order valence-electron chi connectivity index (χ0n) is 23.6. The summed E-state index contributed by atoms with van der Waals surface area (Å²) in [6.07, 6.45) is 5.22. The van der Waals surface area contributed by atoms with Gasteiger partial charge in [-0.05, 0) is 58.4 Å². The van der Waals surface area contributed by atoms with Crippen molar-refractivity contribution in [1.29, 1.82) is 0 Å². The quantitative estimate of drug-likeness (QED) is 0.289. The molecule has 222 valence electrons. The molecule has 0 bridgehead atoms. The molecular formula is C29H40N6O6. The Morgan fingerprint density at radius 1 is 1.05 bits per heavy atom. The van der Waals surface area contributed by atoms with Crippen LogP contribution in [-0.2, 0) is 14.4 Å². The third-order valence-corrected chi connectivity index (χ3v) is 7.12. The number of hydrogen-bond donors (Lipinski definition) is 2. The van der Waals surface area contributed by atoms with Gasteiger partial charge in [0, 0.05) is 24.7 Å². The highest BCUT2D eigenvalue weighted by atomic mass is 16.8. The van der Waals surface area contributed by atoms with E-state index in [-0.39, 0.29) is 24.3 Å². The summed E-state index contributed by atoms with van der Waals surface area (Å²) in [6.45, 7) is 3.76. The summed E-state index contributed by atoms with van der Waals surface area (Å²) >= 11 is 0. The minimum atomic E-state index is -0.768. The van der Waals surface area contributed by atoms with E-state index in [4.69, 9.17) is 20.0 Å². The summed E-state index contributed by atoms with van der Waals surface area (Å²) < 4.78 is 11.0. The molecule has 1 saturated carbocycles. The molecular weight excluding hydrogens is 528 g/mol. The summed E-state index contributed by atoms with van der Waals surface area (Å²) in [5, 5.41) is 4.39. The zero-order valence-corrected chi connectivity index (χ0v) is 23.6. The van der Waals surface area contributed by atoms with Crippen LogP contribution in [0.3, 0.4) is 0 Å². The van der Waals surface area contributed by atoms with Crippen LogP contribution in [0.2, 0.25) is 0 Å². The molecule has 3 N–H and O–H groups in total. The van der Waals surface area contributed by atoms with Crippen LogP contribution < -0.4 is 15.8 Å². The van der Waals surface area contributed by atoms with E-state index in [2.05, 4.69) is 15.3 Å². The molecule has 2 fully saturated rings. The molecule has 0 radical (unpaired) electrons. The van der Waals surface area contributed by atoms with Gasteiger partial charge in [-0.1, -0.05) is 30.3 Å². The Balaban J connectivity index is 1.48.